The normalized spacial score (nSPS) is 36.3. The Morgan fingerprint density at radius 1 is 1.26 bits per heavy atom. The van der Waals surface area contributed by atoms with Gasteiger partial charge in [0.1, 0.15) is 0 Å². The molecule has 0 aromatic heterocycles. The van der Waals surface area contributed by atoms with E-state index in [4.69, 9.17) is 4.74 Å². The van der Waals surface area contributed by atoms with Gasteiger partial charge in [-0.25, -0.2) is 0 Å². The summed E-state index contributed by atoms with van der Waals surface area (Å²) in [6.07, 6.45) is 3.15. The van der Waals surface area contributed by atoms with E-state index in [2.05, 4.69) is 39.5 Å². The molecule has 2 saturated heterocycles. The highest BCUT2D eigenvalue weighted by Crippen LogP contribution is 2.40. The molecule has 0 spiro atoms. The average Bonchev–Trinajstić information content (AvgIpc) is 2.62. The van der Waals surface area contributed by atoms with Crippen LogP contribution >= 0.6 is 0 Å². The lowest BCUT2D eigenvalue weighted by Gasteiger charge is -2.41. The first-order valence-corrected chi connectivity index (χ1v) is 7.77. The molecule has 3 unspecified atom stereocenters. The van der Waals surface area contributed by atoms with E-state index in [0.29, 0.717) is 23.9 Å². The lowest BCUT2D eigenvalue weighted by molar-refractivity contribution is -0.144. The molecule has 0 aromatic carbocycles. The summed E-state index contributed by atoms with van der Waals surface area (Å²) < 4.78 is 5.45. The van der Waals surface area contributed by atoms with Crippen LogP contribution in [0.1, 0.15) is 53.9 Å². The van der Waals surface area contributed by atoms with Crippen molar-refractivity contribution in [1.29, 1.82) is 0 Å². The third kappa shape index (κ3) is 2.67. The van der Waals surface area contributed by atoms with Gasteiger partial charge in [-0.3, -0.25) is 4.79 Å². The van der Waals surface area contributed by atoms with Crippen LogP contribution in [0, 0.1) is 17.3 Å². The van der Waals surface area contributed by atoms with Crippen molar-refractivity contribution in [2.75, 3.05) is 13.2 Å². The Labute approximate surface area is 117 Å². The highest BCUT2D eigenvalue weighted by atomic mass is 16.5. The van der Waals surface area contributed by atoms with Gasteiger partial charge in [-0.1, -0.05) is 20.8 Å². The van der Waals surface area contributed by atoms with Gasteiger partial charge >= 0.3 is 0 Å². The molecule has 2 aliphatic heterocycles. The predicted molar refractivity (Wildman–Crippen MR) is 76.9 cm³/mol. The monoisotopic (exact) mass is 267 g/mol. The summed E-state index contributed by atoms with van der Waals surface area (Å²) in [5.74, 6) is 1.08. The quantitative estimate of drug-likeness (QED) is 0.769. The lowest BCUT2D eigenvalue weighted by atomic mass is 9.71. The Kier molecular flexibility index (Phi) is 4.24. The standard InChI is InChI=1S/C16H29NO2/c1-11-10-12(2)17(14(11)4)15(18)13(3)16(5)6-8-19-9-7-16/h11-14H,6-10H2,1-5H3/t11?,12-,13?,14?/m1/s1. The topological polar surface area (TPSA) is 29.5 Å². The largest absolute Gasteiger partial charge is 0.381 e. The SMILES string of the molecule is CC1C[C@@H](C)N(C(=O)C(C)C2(C)CCOCC2)C1C. The maximum absolute atomic E-state index is 12.9. The molecule has 0 bridgehead atoms. The van der Waals surface area contributed by atoms with Gasteiger partial charge in [-0.2, -0.15) is 0 Å². The summed E-state index contributed by atoms with van der Waals surface area (Å²) in [6.45, 7) is 12.6. The maximum Gasteiger partial charge on any atom is 0.226 e. The lowest BCUT2D eigenvalue weighted by Crippen LogP contribution is -2.48. The number of amides is 1. The summed E-state index contributed by atoms with van der Waals surface area (Å²) >= 11 is 0. The molecular weight excluding hydrogens is 238 g/mol. The van der Waals surface area contributed by atoms with Crippen LogP contribution in [-0.2, 0) is 9.53 Å². The fraction of sp³-hybridized carbons (Fsp3) is 0.938. The van der Waals surface area contributed by atoms with Crippen LogP contribution in [0.4, 0.5) is 0 Å². The summed E-state index contributed by atoms with van der Waals surface area (Å²) in [6, 6.07) is 0.775. The molecule has 0 aliphatic carbocycles. The molecule has 4 atom stereocenters. The van der Waals surface area contributed by atoms with Gasteiger partial charge in [0.25, 0.3) is 0 Å². The van der Waals surface area contributed by atoms with E-state index in [1.807, 2.05) is 0 Å². The molecule has 19 heavy (non-hydrogen) atoms. The van der Waals surface area contributed by atoms with Crippen LogP contribution in [0.3, 0.4) is 0 Å². The zero-order valence-electron chi connectivity index (χ0n) is 13.1. The molecule has 0 radical (unpaired) electrons. The molecule has 2 heterocycles. The van der Waals surface area contributed by atoms with Crippen molar-refractivity contribution in [2.45, 2.75) is 66.0 Å². The second-order valence-corrected chi connectivity index (χ2v) is 7.04. The van der Waals surface area contributed by atoms with Crippen molar-refractivity contribution in [3.8, 4) is 0 Å². The Morgan fingerprint density at radius 3 is 2.32 bits per heavy atom. The van der Waals surface area contributed by atoms with E-state index in [0.717, 1.165) is 32.5 Å². The molecular formula is C16H29NO2. The van der Waals surface area contributed by atoms with Gasteiger partial charge in [-0.15, -0.1) is 0 Å². The van der Waals surface area contributed by atoms with Gasteiger partial charge < -0.3 is 9.64 Å². The third-order valence-corrected chi connectivity index (χ3v) is 5.76. The molecule has 110 valence electrons. The molecule has 1 amide bonds. The number of likely N-dealkylation sites (tertiary alicyclic amines) is 1. The first-order chi connectivity index (χ1) is 8.87. The molecule has 0 saturated carbocycles. The minimum atomic E-state index is 0.103. The number of nitrogens with zero attached hydrogens (tertiary/aromatic N) is 1. The number of hydrogen-bond donors (Lipinski definition) is 0. The summed E-state index contributed by atoms with van der Waals surface area (Å²) in [4.78, 5) is 15.1. The number of carbonyl (C=O) groups excluding carboxylic acids is 1. The van der Waals surface area contributed by atoms with Crippen molar-refractivity contribution >= 4 is 5.91 Å². The molecule has 0 aromatic rings. The Morgan fingerprint density at radius 2 is 1.84 bits per heavy atom. The van der Waals surface area contributed by atoms with E-state index in [1.54, 1.807) is 0 Å². The van der Waals surface area contributed by atoms with Crippen molar-refractivity contribution in [3.05, 3.63) is 0 Å². The molecule has 3 heteroatoms. The Balaban J connectivity index is 2.10. The minimum absolute atomic E-state index is 0.103. The van der Waals surface area contributed by atoms with Crippen molar-refractivity contribution in [3.63, 3.8) is 0 Å². The van der Waals surface area contributed by atoms with Crippen LogP contribution in [0.25, 0.3) is 0 Å². The predicted octanol–water partition coefficient (Wildman–Crippen LogP) is 3.08. The molecule has 3 nitrogen and oxygen atoms in total. The number of rotatable bonds is 2. The average molecular weight is 267 g/mol. The van der Waals surface area contributed by atoms with E-state index in [1.165, 1.54) is 0 Å². The van der Waals surface area contributed by atoms with Crippen LogP contribution in [0.15, 0.2) is 0 Å². The van der Waals surface area contributed by atoms with E-state index in [-0.39, 0.29) is 11.3 Å². The van der Waals surface area contributed by atoms with Gasteiger partial charge in [0, 0.05) is 31.2 Å². The first-order valence-electron chi connectivity index (χ1n) is 7.77. The summed E-state index contributed by atoms with van der Waals surface area (Å²) in [5, 5.41) is 0. The number of ether oxygens (including phenoxy) is 1. The second-order valence-electron chi connectivity index (χ2n) is 7.04. The van der Waals surface area contributed by atoms with Crippen LogP contribution in [0.2, 0.25) is 0 Å². The van der Waals surface area contributed by atoms with Crippen molar-refractivity contribution in [1.82, 2.24) is 4.90 Å². The van der Waals surface area contributed by atoms with E-state index < -0.39 is 0 Å². The van der Waals surface area contributed by atoms with Crippen LogP contribution in [-0.4, -0.2) is 36.1 Å². The van der Waals surface area contributed by atoms with Crippen LogP contribution < -0.4 is 0 Å². The second kappa shape index (κ2) is 5.43. The Hall–Kier alpha value is -0.570. The highest BCUT2D eigenvalue weighted by Gasteiger charge is 2.44. The third-order valence-electron chi connectivity index (χ3n) is 5.76. The minimum Gasteiger partial charge on any atom is -0.381 e. The van der Waals surface area contributed by atoms with E-state index >= 15 is 0 Å². The van der Waals surface area contributed by atoms with Gasteiger partial charge in [0.15, 0.2) is 0 Å². The van der Waals surface area contributed by atoms with Gasteiger partial charge in [-0.05, 0) is 44.4 Å². The van der Waals surface area contributed by atoms with Crippen molar-refractivity contribution < 1.29 is 9.53 Å². The fourth-order valence-electron chi connectivity index (χ4n) is 3.73. The number of carbonyl (C=O) groups is 1. The zero-order chi connectivity index (χ0) is 14.2. The Bertz CT molecular complexity index is 336. The zero-order valence-corrected chi connectivity index (χ0v) is 13.1. The number of hydrogen-bond acceptors (Lipinski definition) is 2. The molecule has 2 aliphatic rings. The van der Waals surface area contributed by atoms with E-state index in [9.17, 15) is 4.79 Å². The summed E-state index contributed by atoms with van der Waals surface area (Å²) in [7, 11) is 0. The van der Waals surface area contributed by atoms with Crippen molar-refractivity contribution in [2.24, 2.45) is 17.3 Å². The molecule has 2 fully saturated rings. The van der Waals surface area contributed by atoms with Crippen LogP contribution in [0.5, 0.6) is 0 Å². The smallest absolute Gasteiger partial charge is 0.226 e. The van der Waals surface area contributed by atoms with Gasteiger partial charge in [0.05, 0.1) is 0 Å². The maximum atomic E-state index is 12.9. The first kappa shape index (κ1) is 14.8. The fourth-order valence-corrected chi connectivity index (χ4v) is 3.73. The summed E-state index contributed by atoms with van der Waals surface area (Å²) in [5.41, 5.74) is 0.112. The molecule has 0 N–H and O–H groups in total. The van der Waals surface area contributed by atoms with Gasteiger partial charge in [0.2, 0.25) is 5.91 Å². The highest BCUT2D eigenvalue weighted by molar-refractivity contribution is 5.80. The molecule has 2 rings (SSSR count).